The van der Waals surface area contributed by atoms with E-state index in [0.29, 0.717) is 0 Å². The highest BCUT2D eigenvalue weighted by Gasteiger charge is 2.20. The Balaban J connectivity index is 1.70. The third kappa shape index (κ3) is 3.62. The van der Waals surface area contributed by atoms with Crippen LogP contribution in [0.15, 0.2) is 54.6 Å². The molecule has 0 aromatic heterocycles. The first-order valence-electron chi connectivity index (χ1n) is 7.97. The van der Waals surface area contributed by atoms with Crippen molar-refractivity contribution >= 4 is 12.0 Å². The van der Waals surface area contributed by atoms with Crippen LogP contribution < -0.4 is 10.1 Å². The average molecular weight is 307 g/mol. The van der Waals surface area contributed by atoms with Gasteiger partial charge < -0.3 is 10.1 Å². The van der Waals surface area contributed by atoms with Gasteiger partial charge in [-0.25, -0.2) is 0 Å². The number of methoxy groups -OCH3 is 1. The summed E-state index contributed by atoms with van der Waals surface area (Å²) in [6, 6.07) is 16.1. The number of rotatable bonds is 4. The van der Waals surface area contributed by atoms with Crippen LogP contribution in [0.1, 0.15) is 35.6 Å². The molecule has 0 saturated heterocycles. The smallest absolute Gasteiger partial charge is 0.244 e. The largest absolute Gasteiger partial charge is 0.496 e. The van der Waals surface area contributed by atoms with Gasteiger partial charge in [0, 0.05) is 11.6 Å². The third-order valence-corrected chi connectivity index (χ3v) is 4.24. The van der Waals surface area contributed by atoms with Crippen molar-refractivity contribution in [1.82, 2.24) is 5.32 Å². The SMILES string of the molecule is COc1ccccc1/C=C/C(=O)N[C@@H]1CCCc2ccccc21. The first-order chi connectivity index (χ1) is 11.3. The number of fused-ring (bicyclic) bond motifs is 1. The van der Waals surface area contributed by atoms with Crippen molar-refractivity contribution in [2.75, 3.05) is 7.11 Å². The summed E-state index contributed by atoms with van der Waals surface area (Å²) in [5.74, 6) is 0.692. The maximum atomic E-state index is 12.3. The molecule has 0 saturated carbocycles. The molecular weight excluding hydrogens is 286 g/mol. The summed E-state index contributed by atoms with van der Waals surface area (Å²) in [5, 5.41) is 3.12. The van der Waals surface area contributed by atoms with Crippen LogP contribution in [0.5, 0.6) is 5.75 Å². The van der Waals surface area contributed by atoms with E-state index >= 15 is 0 Å². The Bertz CT molecular complexity index is 721. The van der Waals surface area contributed by atoms with Crippen LogP contribution in [-0.2, 0) is 11.2 Å². The quantitative estimate of drug-likeness (QED) is 0.870. The summed E-state index contributed by atoms with van der Waals surface area (Å²) < 4.78 is 5.29. The summed E-state index contributed by atoms with van der Waals surface area (Å²) in [6.07, 6.45) is 6.57. The lowest BCUT2D eigenvalue weighted by atomic mass is 9.88. The van der Waals surface area contributed by atoms with Gasteiger partial charge in [-0.3, -0.25) is 4.79 Å². The highest BCUT2D eigenvalue weighted by Crippen LogP contribution is 2.29. The van der Waals surface area contributed by atoms with E-state index in [4.69, 9.17) is 4.74 Å². The van der Waals surface area contributed by atoms with E-state index in [1.807, 2.05) is 30.3 Å². The van der Waals surface area contributed by atoms with Crippen molar-refractivity contribution in [1.29, 1.82) is 0 Å². The second-order valence-corrected chi connectivity index (χ2v) is 5.73. The monoisotopic (exact) mass is 307 g/mol. The van der Waals surface area contributed by atoms with Crippen LogP contribution in [0.25, 0.3) is 6.08 Å². The fraction of sp³-hybridized carbons (Fsp3) is 0.250. The molecule has 23 heavy (non-hydrogen) atoms. The molecule has 1 amide bonds. The molecule has 1 aliphatic carbocycles. The molecule has 1 N–H and O–H groups in total. The van der Waals surface area contributed by atoms with E-state index < -0.39 is 0 Å². The predicted octanol–water partition coefficient (Wildman–Crippen LogP) is 3.90. The number of nitrogens with one attached hydrogen (secondary N) is 1. The van der Waals surface area contributed by atoms with E-state index in [9.17, 15) is 4.79 Å². The Morgan fingerprint density at radius 2 is 1.96 bits per heavy atom. The molecule has 0 heterocycles. The van der Waals surface area contributed by atoms with Crippen LogP contribution >= 0.6 is 0 Å². The van der Waals surface area contributed by atoms with E-state index in [1.165, 1.54) is 11.1 Å². The van der Waals surface area contributed by atoms with Crippen molar-refractivity contribution in [2.24, 2.45) is 0 Å². The molecule has 0 radical (unpaired) electrons. The molecule has 3 nitrogen and oxygen atoms in total. The highest BCUT2D eigenvalue weighted by molar-refractivity contribution is 5.92. The van der Waals surface area contributed by atoms with Gasteiger partial charge in [-0.05, 0) is 42.5 Å². The number of carbonyl (C=O) groups is 1. The fourth-order valence-electron chi connectivity index (χ4n) is 3.09. The number of hydrogen-bond donors (Lipinski definition) is 1. The van der Waals surface area contributed by atoms with Gasteiger partial charge in [0.25, 0.3) is 0 Å². The lowest BCUT2D eigenvalue weighted by Gasteiger charge is -2.25. The second kappa shape index (κ2) is 7.14. The van der Waals surface area contributed by atoms with Crippen molar-refractivity contribution < 1.29 is 9.53 Å². The van der Waals surface area contributed by atoms with Gasteiger partial charge in [-0.15, -0.1) is 0 Å². The minimum Gasteiger partial charge on any atom is -0.496 e. The lowest BCUT2D eigenvalue weighted by molar-refractivity contribution is -0.117. The summed E-state index contributed by atoms with van der Waals surface area (Å²) in [5.41, 5.74) is 3.49. The summed E-state index contributed by atoms with van der Waals surface area (Å²) in [7, 11) is 1.63. The van der Waals surface area contributed by atoms with Gasteiger partial charge in [-0.2, -0.15) is 0 Å². The highest BCUT2D eigenvalue weighted by atomic mass is 16.5. The molecular formula is C20H21NO2. The van der Waals surface area contributed by atoms with Gasteiger partial charge in [0.1, 0.15) is 5.75 Å². The van der Waals surface area contributed by atoms with Crippen molar-refractivity contribution in [2.45, 2.75) is 25.3 Å². The van der Waals surface area contributed by atoms with E-state index in [1.54, 1.807) is 19.3 Å². The van der Waals surface area contributed by atoms with Gasteiger partial charge in [0.2, 0.25) is 5.91 Å². The maximum Gasteiger partial charge on any atom is 0.244 e. The standard InChI is InChI=1S/C20H21NO2/c1-23-19-12-5-3-8-16(19)13-14-20(22)21-18-11-6-9-15-7-2-4-10-17(15)18/h2-5,7-8,10,12-14,18H,6,9,11H2,1H3,(H,21,22)/b14-13+/t18-/m1/s1. The minimum absolute atomic E-state index is 0.0717. The van der Waals surface area contributed by atoms with E-state index in [-0.39, 0.29) is 11.9 Å². The third-order valence-electron chi connectivity index (χ3n) is 4.24. The normalized spacial score (nSPS) is 16.8. The Morgan fingerprint density at radius 3 is 2.83 bits per heavy atom. The molecule has 2 aromatic rings. The number of amides is 1. The Kier molecular flexibility index (Phi) is 4.77. The zero-order valence-corrected chi connectivity index (χ0v) is 13.3. The molecule has 1 atom stereocenters. The summed E-state index contributed by atoms with van der Waals surface area (Å²) in [6.45, 7) is 0. The molecule has 0 fully saturated rings. The van der Waals surface area contributed by atoms with Gasteiger partial charge in [0.05, 0.1) is 13.2 Å². The molecule has 0 spiro atoms. The Hall–Kier alpha value is -2.55. The fourth-order valence-corrected chi connectivity index (χ4v) is 3.09. The predicted molar refractivity (Wildman–Crippen MR) is 92.3 cm³/mol. The first-order valence-corrected chi connectivity index (χ1v) is 7.97. The van der Waals surface area contributed by atoms with Crippen LogP contribution in [0, 0.1) is 0 Å². The van der Waals surface area contributed by atoms with Crippen LogP contribution in [0.4, 0.5) is 0 Å². The van der Waals surface area contributed by atoms with Crippen molar-refractivity contribution in [3.63, 3.8) is 0 Å². The lowest BCUT2D eigenvalue weighted by Crippen LogP contribution is -2.29. The maximum absolute atomic E-state index is 12.3. The summed E-state index contributed by atoms with van der Waals surface area (Å²) in [4.78, 5) is 12.3. The Morgan fingerprint density at radius 1 is 1.17 bits per heavy atom. The zero-order chi connectivity index (χ0) is 16.1. The number of para-hydroxylation sites is 1. The number of ether oxygens (including phenoxy) is 1. The molecule has 3 rings (SSSR count). The molecule has 0 unspecified atom stereocenters. The van der Waals surface area contributed by atoms with Gasteiger partial charge in [0.15, 0.2) is 0 Å². The number of aryl methyl sites for hydroxylation is 1. The molecule has 2 aromatic carbocycles. The van der Waals surface area contributed by atoms with Crippen molar-refractivity contribution in [3.8, 4) is 5.75 Å². The van der Waals surface area contributed by atoms with Crippen LogP contribution in [0.2, 0.25) is 0 Å². The van der Waals surface area contributed by atoms with E-state index in [2.05, 4.69) is 23.5 Å². The minimum atomic E-state index is -0.0717. The van der Waals surface area contributed by atoms with Crippen LogP contribution in [-0.4, -0.2) is 13.0 Å². The van der Waals surface area contributed by atoms with Crippen molar-refractivity contribution in [3.05, 3.63) is 71.3 Å². The van der Waals surface area contributed by atoms with Gasteiger partial charge in [-0.1, -0.05) is 42.5 Å². The van der Waals surface area contributed by atoms with Gasteiger partial charge >= 0.3 is 0 Å². The summed E-state index contributed by atoms with van der Waals surface area (Å²) >= 11 is 0. The number of carbonyl (C=O) groups excluding carboxylic acids is 1. The molecule has 3 heteroatoms. The second-order valence-electron chi connectivity index (χ2n) is 5.73. The van der Waals surface area contributed by atoms with E-state index in [0.717, 1.165) is 30.6 Å². The number of hydrogen-bond acceptors (Lipinski definition) is 2. The Labute approximate surface area is 137 Å². The molecule has 0 aliphatic heterocycles. The average Bonchev–Trinajstić information content (AvgIpc) is 2.60. The molecule has 118 valence electrons. The van der Waals surface area contributed by atoms with Crippen LogP contribution in [0.3, 0.4) is 0 Å². The topological polar surface area (TPSA) is 38.3 Å². The molecule has 1 aliphatic rings. The zero-order valence-electron chi connectivity index (χ0n) is 13.3. The number of benzene rings is 2. The first kappa shape index (κ1) is 15.3. The molecule has 0 bridgehead atoms.